The molecule has 2 unspecified atom stereocenters. The van der Waals surface area contributed by atoms with Gasteiger partial charge in [-0.15, -0.1) is 0 Å². The molecule has 1 heterocycles. The maximum atomic E-state index is 12.0. The molecule has 1 N–H and O–H groups in total. The van der Waals surface area contributed by atoms with Crippen molar-refractivity contribution in [3.63, 3.8) is 0 Å². The van der Waals surface area contributed by atoms with Crippen LogP contribution in [0.1, 0.15) is 24.9 Å². The quantitative estimate of drug-likeness (QED) is 0.892. The lowest BCUT2D eigenvalue weighted by atomic mass is 10.1. The molecule has 1 aromatic carbocycles. The van der Waals surface area contributed by atoms with Crippen LogP contribution >= 0.6 is 0 Å². The largest absolute Gasteiger partial charge is 0.491 e. The van der Waals surface area contributed by atoms with E-state index >= 15 is 0 Å². The molecule has 96 valence electrons. The molecule has 6 heteroatoms. The van der Waals surface area contributed by atoms with E-state index in [9.17, 15) is 8.42 Å². The molecule has 0 fully saturated rings. The van der Waals surface area contributed by atoms with Gasteiger partial charge in [-0.2, -0.15) is 5.26 Å². The van der Waals surface area contributed by atoms with E-state index in [4.69, 9.17) is 10.00 Å². The van der Waals surface area contributed by atoms with Crippen molar-refractivity contribution in [1.82, 2.24) is 4.72 Å². The summed E-state index contributed by atoms with van der Waals surface area (Å²) in [6.45, 7) is 1.94. The number of nitriles is 1. The van der Waals surface area contributed by atoms with Gasteiger partial charge < -0.3 is 4.74 Å². The van der Waals surface area contributed by atoms with E-state index < -0.39 is 21.3 Å². The van der Waals surface area contributed by atoms with Crippen LogP contribution in [-0.2, 0) is 10.0 Å². The average molecular weight is 266 g/mol. The van der Waals surface area contributed by atoms with E-state index in [1.54, 1.807) is 19.1 Å². The van der Waals surface area contributed by atoms with Crippen molar-refractivity contribution in [2.45, 2.75) is 24.6 Å². The molecule has 1 aliphatic heterocycles. The van der Waals surface area contributed by atoms with Crippen molar-refractivity contribution in [1.29, 1.82) is 5.26 Å². The Morgan fingerprint density at radius 1 is 1.56 bits per heavy atom. The molecule has 5 nitrogen and oxygen atoms in total. The predicted octanol–water partition coefficient (Wildman–Crippen LogP) is 1.34. The molecule has 0 aliphatic carbocycles. The van der Waals surface area contributed by atoms with Gasteiger partial charge in [-0.3, -0.25) is 0 Å². The molecule has 2 rings (SSSR count). The zero-order valence-electron chi connectivity index (χ0n) is 9.96. The fourth-order valence-corrected chi connectivity index (χ4v) is 3.25. The molecule has 0 radical (unpaired) electrons. The molecular formula is C12H14N2O3S. The first-order chi connectivity index (χ1) is 8.58. The van der Waals surface area contributed by atoms with Gasteiger partial charge in [0.1, 0.15) is 12.4 Å². The summed E-state index contributed by atoms with van der Waals surface area (Å²) in [5.41, 5.74) is 0.814. The van der Waals surface area contributed by atoms with Crippen LogP contribution in [0.25, 0.3) is 0 Å². The van der Waals surface area contributed by atoms with Crippen LogP contribution in [-0.4, -0.2) is 20.3 Å². The molecule has 0 aromatic heterocycles. The second kappa shape index (κ2) is 4.96. The highest BCUT2D eigenvalue weighted by molar-refractivity contribution is 7.90. The monoisotopic (exact) mass is 266 g/mol. The van der Waals surface area contributed by atoms with Gasteiger partial charge in [0.05, 0.1) is 12.1 Å². The summed E-state index contributed by atoms with van der Waals surface area (Å²) in [4.78, 5) is 0. The summed E-state index contributed by atoms with van der Waals surface area (Å²) in [7, 11) is -3.64. The average Bonchev–Trinajstić information content (AvgIpc) is 2.73. The minimum Gasteiger partial charge on any atom is -0.491 e. The third-order valence-electron chi connectivity index (χ3n) is 2.90. The Morgan fingerprint density at radius 3 is 2.94 bits per heavy atom. The molecule has 18 heavy (non-hydrogen) atoms. The molecular weight excluding hydrogens is 252 g/mol. The van der Waals surface area contributed by atoms with Crippen LogP contribution < -0.4 is 9.46 Å². The number of rotatable bonds is 4. The van der Waals surface area contributed by atoms with Crippen LogP contribution in [0, 0.1) is 11.3 Å². The first kappa shape index (κ1) is 12.9. The first-order valence-electron chi connectivity index (χ1n) is 5.71. The highest BCUT2D eigenvalue weighted by Crippen LogP contribution is 2.32. The van der Waals surface area contributed by atoms with Crippen LogP contribution in [0.4, 0.5) is 0 Å². The second-order valence-electron chi connectivity index (χ2n) is 4.09. The van der Waals surface area contributed by atoms with Crippen molar-refractivity contribution in [3.8, 4) is 11.8 Å². The normalized spacial score (nSPS) is 19.7. The molecule has 0 amide bonds. The predicted molar refractivity (Wildman–Crippen MR) is 66.4 cm³/mol. The molecule has 0 saturated heterocycles. The Hall–Kier alpha value is -1.58. The van der Waals surface area contributed by atoms with Crippen LogP contribution in [0.3, 0.4) is 0 Å². The van der Waals surface area contributed by atoms with Gasteiger partial charge in [0.15, 0.2) is 5.25 Å². The topological polar surface area (TPSA) is 79.2 Å². The van der Waals surface area contributed by atoms with Crippen molar-refractivity contribution >= 4 is 10.0 Å². The number of para-hydroxylation sites is 1. The molecule has 2 atom stereocenters. The fourth-order valence-electron chi connectivity index (χ4n) is 1.92. The Morgan fingerprint density at radius 2 is 2.28 bits per heavy atom. The lowest BCUT2D eigenvalue weighted by molar-refractivity contribution is 0.325. The number of hydrogen-bond donors (Lipinski definition) is 1. The Balaban J connectivity index is 2.20. The van der Waals surface area contributed by atoms with E-state index in [-0.39, 0.29) is 13.0 Å². The Bertz CT molecular complexity index is 577. The Kier molecular flexibility index (Phi) is 3.55. The molecule has 0 spiro atoms. The van der Waals surface area contributed by atoms with Gasteiger partial charge >= 0.3 is 0 Å². The third-order valence-corrected chi connectivity index (χ3v) is 4.70. The van der Waals surface area contributed by atoms with Crippen molar-refractivity contribution in [3.05, 3.63) is 29.8 Å². The SMILES string of the molecule is CCC(C#N)S(=O)(=O)NC1COc2ccccc21. The number of benzene rings is 1. The maximum Gasteiger partial charge on any atom is 0.228 e. The van der Waals surface area contributed by atoms with Crippen molar-refractivity contribution in [2.24, 2.45) is 0 Å². The van der Waals surface area contributed by atoms with Crippen molar-refractivity contribution in [2.75, 3.05) is 6.61 Å². The van der Waals surface area contributed by atoms with Gasteiger partial charge in [0.2, 0.25) is 10.0 Å². The maximum absolute atomic E-state index is 12.0. The zero-order valence-corrected chi connectivity index (χ0v) is 10.8. The van der Waals surface area contributed by atoms with Gasteiger partial charge in [0.25, 0.3) is 0 Å². The molecule has 0 bridgehead atoms. The Labute approximate surface area is 106 Å². The van der Waals surface area contributed by atoms with E-state index in [2.05, 4.69) is 4.72 Å². The van der Waals surface area contributed by atoms with Gasteiger partial charge in [-0.1, -0.05) is 25.1 Å². The van der Waals surface area contributed by atoms with Crippen LogP contribution in [0.2, 0.25) is 0 Å². The summed E-state index contributed by atoms with van der Waals surface area (Å²) in [6, 6.07) is 8.67. The number of sulfonamides is 1. The highest BCUT2D eigenvalue weighted by Gasteiger charge is 2.31. The summed E-state index contributed by atoms with van der Waals surface area (Å²) in [5.74, 6) is 0.690. The van der Waals surface area contributed by atoms with E-state index in [0.29, 0.717) is 5.75 Å². The minimum absolute atomic E-state index is 0.264. The van der Waals surface area contributed by atoms with Gasteiger partial charge in [0, 0.05) is 5.56 Å². The lowest BCUT2D eigenvalue weighted by Gasteiger charge is -2.14. The second-order valence-corrected chi connectivity index (χ2v) is 5.99. The van der Waals surface area contributed by atoms with Gasteiger partial charge in [-0.05, 0) is 12.5 Å². The van der Waals surface area contributed by atoms with Crippen LogP contribution in [0.5, 0.6) is 5.75 Å². The third kappa shape index (κ3) is 2.33. The minimum atomic E-state index is -3.64. The summed E-state index contributed by atoms with van der Waals surface area (Å²) in [6.07, 6.45) is 0.265. The summed E-state index contributed by atoms with van der Waals surface area (Å²) >= 11 is 0. The van der Waals surface area contributed by atoms with E-state index in [1.165, 1.54) is 0 Å². The summed E-state index contributed by atoms with van der Waals surface area (Å²) in [5, 5.41) is 7.81. The number of nitrogens with one attached hydrogen (secondary N) is 1. The molecule has 1 aromatic rings. The molecule has 1 aliphatic rings. The van der Waals surface area contributed by atoms with Gasteiger partial charge in [-0.25, -0.2) is 13.1 Å². The van der Waals surface area contributed by atoms with E-state index in [0.717, 1.165) is 5.56 Å². The fraction of sp³-hybridized carbons (Fsp3) is 0.417. The van der Waals surface area contributed by atoms with Crippen molar-refractivity contribution < 1.29 is 13.2 Å². The standard InChI is InChI=1S/C12H14N2O3S/c1-2-9(7-13)18(15,16)14-11-8-17-12-6-4-3-5-10(11)12/h3-6,9,11,14H,2,8H2,1H3. The first-order valence-corrected chi connectivity index (χ1v) is 7.25. The number of nitrogens with zero attached hydrogens (tertiary/aromatic N) is 1. The molecule has 0 saturated carbocycles. The number of fused-ring (bicyclic) bond motifs is 1. The number of ether oxygens (including phenoxy) is 1. The highest BCUT2D eigenvalue weighted by atomic mass is 32.2. The summed E-state index contributed by atoms with van der Waals surface area (Å²) < 4.78 is 31.9. The smallest absolute Gasteiger partial charge is 0.228 e. The van der Waals surface area contributed by atoms with E-state index in [1.807, 2.05) is 18.2 Å². The number of hydrogen-bond acceptors (Lipinski definition) is 4. The lowest BCUT2D eigenvalue weighted by Crippen LogP contribution is -2.36. The zero-order chi connectivity index (χ0) is 13.2. The van der Waals surface area contributed by atoms with Crippen LogP contribution in [0.15, 0.2) is 24.3 Å².